The molecule has 0 aliphatic rings. The summed E-state index contributed by atoms with van der Waals surface area (Å²) in [6.45, 7) is 0.588. The van der Waals surface area contributed by atoms with Crippen LogP contribution in [0.25, 0.3) is 0 Å². The van der Waals surface area contributed by atoms with Crippen molar-refractivity contribution in [1.29, 1.82) is 0 Å². The number of carbonyl (C=O) groups excluding carboxylic acids is 1. The van der Waals surface area contributed by atoms with Crippen LogP contribution in [0, 0.1) is 11.8 Å². The first-order chi connectivity index (χ1) is 6.77. The molecule has 3 heteroatoms. The lowest BCUT2D eigenvalue weighted by Gasteiger charge is -1.96. The van der Waals surface area contributed by atoms with Crippen LogP contribution in [0.5, 0.6) is 0 Å². The van der Waals surface area contributed by atoms with Gasteiger partial charge in [0.1, 0.15) is 0 Å². The minimum atomic E-state index is 0.568. The van der Waals surface area contributed by atoms with Gasteiger partial charge in [-0.2, -0.15) is 0 Å². The molecule has 0 spiro atoms. The number of carbonyl (C=O) groups is 1. The van der Waals surface area contributed by atoms with Crippen molar-refractivity contribution in [3.05, 3.63) is 34.3 Å². The molecule has 0 unspecified atom stereocenters. The average Bonchev–Trinajstić information content (AvgIpc) is 2.19. The van der Waals surface area contributed by atoms with Crippen molar-refractivity contribution >= 4 is 17.9 Å². The summed E-state index contributed by atoms with van der Waals surface area (Å²) in [5.41, 5.74) is 1.24. The van der Waals surface area contributed by atoms with Gasteiger partial charge in [0.15, 0.2) is 6.29 Å². The van der Waals surface area contributed by atoms with Crippen molar-refractivity contribution in [2.75, 3.05) is 13.6 Å². The molecule has 1 aromatic rings. The van der Waals surface area contributed by atoms with Crippen LogP contribution in [0.4, 0.5) is 0 Å². The van der Waals surface area contributed by atoms with E-state index in [0.717, 1.165) is 6.29 Å². The predicted octanol–water partition coefficient (Wildman–Crippen LogP) is 1.72. The van der Waals surface area contributed by atoms with Gasteiger partial charge in [-0.3, -0.25) is 4.79 Å². The molecule has 0 aliphatic carbocycles. The first-order valence-electron chi connectivity index (χ1n) is 4.16. The van der Waals surface area contributed by atoms with Crippen molar-refractivity contribution in [2.24, 2.45) is 0 Å². The third-order valence-electron chi connectivity index (χ3n) is 1.63. The zero-order valence-corrected chi connectivity index (χ0v) is 8.56. The largest absolute Gasteiger partial charge is 0.309 e. The number of benzene rings is 1. The number of aldehydes is 1. The molecule has 0 heterocycles. The van der Waals surface area contributed by atoms with Gasteiger partial charge in [0.2, 0.25) is 0 Å². The van der Waals surface area contributed by atoms with Gasteiger partial charge in [-0.25, -0.2) is 0 Å². The second kappa shape index (κ2) is 5.43. The second-order valence-electron chi connectivity index (χ2n) is 2.68. The lowest BCUT2D eigenvalue weighted by atomic mass is 10.1. The minimum Gasteiger partial charge on any atom is -0.309 e. The maximum Gasteiger partial charge on any atom is 0.151 e. The van der Waals surface area contributed by atoms with Gasteiger partial charge in [-0.1, -0.05) is 23.4 Å². The van der Waals surface area contributed by atoms with Crippen molar-refractivity contribution in [1.82, 2.24) is 5.32 Å². The summed E-state index contributed by atoms with van der Waals surface area (Å²) >= 11 is 5.79. The molecule has 0 aliphatic heterocycles. The molecule has 0 saturated carbocycles. The van der Waals surface area contributed by atoms with Gasteiger partial charge in [-0.05, 0) is 25.2 Å². The molecular weight excluding hydrogens is 198 g/mol. The smallest absolute Gasteiger partial charge is 0.151 e. The summed E-state index contributed by atoms with van der Waals surface area (Å²) in [7, 11) is 1.81. The summed E-state index contributed by atoms with van der Waals surface area (Å²) in [4.78, 5) is 10.6. The van der Waals surface area contributed by atoms with E-state index in [1.807, 2.05) is 7.05 Å². The topological polar surface area (TPSA) is 29.1 Å². The third-order valence-corrected chi connectivity index (χ3v) is 1.87. The molecule has 1 N–H and O–H groups in total. The summed E-state index contributed by atoms with van der Waals surface area (Å²) in [5, 5.41) is 3.48. The Morgan fingerprint density at radius 2 is 2.36 bits per heavy atom. The Balaban J connectivity index is 3.00. The fourth-order valence-corrected chi connectivity index (χ4v) is 1.14. The molecule has 0 fully saturated rings. The third kappa shape index (κ3) is 2.88. The highest BCUT2D eigenvalue weighted by Gasteiger charge is 1.98. The van der Waals surface area contributed by atoms with E-state index >= 15 is 0 Å². The Bertz CT molecular complexity index is 390. The van der Waals surface area contributed by atoms with E-state index in [9.17, 15) is 4.79 Å². The maximum atomic E-state index is 10.6. The van der Waals surface area contributed by atoms with Crippen LogP contribution in [0.1, 0.15) is 15.9 Å². The Morgan fingerprint density at radius 1 is 1.57 bits per heavy atom. The van der Waals surface area contributed by atoms with Crippen molar-refractivity contribution in [3.63, 3.8) is 0 Å². The monoisotopic (exact) mass is 207 g/mol. The van der Waals surface area contributed by atoms with Crippen LogP contribution in [0.2, 0.25) is 5.02 Å². The van der Waals surface area contributed by atoms with E-state index in [1.165, 1.54) is 0 Å². The molecule has 0 bridgehead atoms. The lowest BCUT2D eigenvalue weighted by Crippen LogP contribution is -2.04. The fraction of sp³-hybridized carbons (Fsp3) is 0.182. The normalized spacial score (nSPS) is 9.00. The minimum absolute atomic E-state index is 0.568. The maximum absolute atomic E-state index is 10.6. The summed E-state index contributed by atoms with van der Waals surface area (Å²) in [6.07, 6.45) is 0.777. The van der Waals surface area contributed by atoms with Crippen LogP contribution in [-0.2, 0) is 0 Å². The van der Waals surface area contributed by atoms with E-state index in [-0.39, 0.29) is 0 Å². The van der Waals surface area contributed by atoms with Crippen LogP contribution >= 0.6 is 11.6 Å². The molecular formula is C11H10ClNO. The Kier molecular flexibility index (Phi) is 4.18. The highest BCUT2D eigenvalue weighted by molar-refractivity contribution is 6.30. The SMILES string of the molecule is CNCC#Cc1cc(Cl)ccc1C=O. The Hall–Kier alpha value is -1.30. The molecule has 0 atom stereocenters. The number of rotatable bonds is 2. The number of hydrogen-bond donors (Lipinski definition) is 1. The Morgan fingerprint density at radius 3 is 3.00 bits per heavy atom. The van der Waals surface area contributed by atoms with E-state index in [2.05, 4.69) is 17.2 Å². The summed E-state index contributed by atoms with van der Waals surface area (Å²) < 4.78 is 0. The molecule has 1 aromatic carbocycles. The van der Waals surface area contributed by atoms with Crippen molar-refractivity contribution in [2.45, 2.75) is 0 Å². The zero-order chi connectivity index (χ0) is 10.4. The summed E-state index contributed by atoms with van der Waals surface area (Å²) in [5.74, 6) is 5.75. The quantitative estimate of drug-likeness (QED) is 0.591. The van der Waals surface area contributed by atoms with Gasteiger partial charge < -0.3 is 5.32 Å². The average molecular weight is 208 g/mol. The van der Waals surface area contributed by atoms with Gasteiger partial charge >= 0.3 is 0 Å². The molecule has 72 valence electrons. The van der Waals surface area contributed by atoms with Crippen LogP contribution in [0.3, 0.4) is 0 Å². The molecule has 0 saturated heterocycles. The van der Waals surface area contributed by atoms with Gasteiger partial charge in [0, 0.05) is 16.1 Å². The zero-order valence-electron chi connectivity index (χ0n) is 7.80. The molecule has 0 radical (unpaired) electrons. The number of hydrogen-bond acceptors (Lipinski definition) is 2. The number of nitrogens with one attached hydrogen (secondary N) is 1. The van der Waals surface area contributed by atoms with Crippen molar-refractivity contribution in [3.8, 4) is 11.8 Å². The molecule has 1 rings (SSSR count). The molecule has 14 heavy (non-hydrogen) atoms. The molecule has 0 aromatic heterocycles. The van der Waals surface area contributed by atoms with Crippen molar-refractivity contribution < 1.29 is 4.79 Å². The second-order valence-corrected chi connectivity index (χ2v) is 3.12. The summed E-state index contributed by atoms with van der Waals surface area (Å²) in [6, 6.07) is 5.03. The lowest BCUT2D eigenvalue weighted by molar-refractivity contribution is 0.112. The Labute approximate surface area is 88.3 Å². The highest BCUT2D eigenvalue weighted by Crippen LogP contribution is 2.13. The van der Waals surface area contributed by atoms with Crippen LogP contribution in [-0.4, -0.2) is 19.9 Å². The standard InChI is InChI=1S/C11H10ClNO/c1-13-6-2-3-9-7-11(12)5-4-10(9)8-14/h4-5,7-8,13H,6H2,1H3. The van der Waals surface area contributed by atoms with Gasteiger partial charge in [0.25, 0.3) is 0 Å². The first-order valence-corrected chi connectivity index (χ1v) is 4.54. The predicted molar refractivity (Wildman–Crippen MR) is 57.6 cm³/mol. The van der Waals surface area contributed by atoms with E-state index in [0.29, 0.717) is 22.7 Å². The fourth-order valence-electron chi connectivity index (χ4n) is 0.967. The van der Waals surface area contributed by atoms with E-state index in [4.69, 9.17) is 11.6 Å². The van der Waals surface area contributed by atoms with Gasteiger partial charge in [-0.15, -0.1) is 0 Å². The van der Waals surface area contributed by atoms with E-state index in [1.54, 1.807) is 18.2 Å². The van der Waals surface area contributed by atoms with Gasteiger partial charge in [0.05, 0.1) is 6.54 Å². The number of halogens is 1. The van der Waals surface area contributed by atoms with E-state index < -0.39 is 0 Å². The molecule has 2 nitrogen and oxygen atoms in total. The molecule has 0 amide bonds. The first kappa shape index (κ1) is 10.8. The van der Waals surface area contributed by atoms with Crippen LogP contribution < -0.4 is 5.32 Å². The van der Waals surface area contributed by atoms with Crippen LogP contribution in [0.15, 0.2) is 18.2 Å². The highest BCUT2D eigenvalue weighted by atomic mass is 35.5.